The van der Waals surface area contributed by atoms with E-state index in [2.05, 4.69) is 11.4 Å². The number of piperidine rings is 1. The fourth-order valence-corrected chi connectivity index (χ4v) is 5.96. The van der Waals surface area contributed by atoms with Gasteiger partial charge in [0.15, 0.2) is 0 Å². The van der Waals surface area contributed by atoms with E-state index in [4.69, 9.17) is 11.6 Å². The van der Waals surface area contributed by atoms with Crippen LogP contribution in [0.3, 0.4) is 0 Å². The van der Waals surface area contributed by atoms with Gasteiger partial charge in [0.1, 0.15) is 4.90 Å². The normalized spacial score (nSPS) is 16.3. The minimum atomic E-state index is -3.73. The van der Waals surface area contributed by atoms with Gasteiger partial charge >= 0.3 is 0 Å². The van der Waals surface area contributed by atoms with Gasteiger partial charge in [-0.3, -0.25) is 4.79 Å². The van der Waals surface area contributed by atoms with E-state index in [-0.39, 0.29) is 27.4 Å². The molecule has 0 unspecified atom stereocenters. The molecule has 0 spiro atoms. The second-order valence-electron chi connectivity index (χ2n) is 7.90. The number of carbonyl (C=O) groups excluding carboxylic acids is 1. The first kappa shape index (κ1) is 22.8. The number of rotatable bonds is 6. The van der Waals surface area contributed by atoms with Crippen LogP contribution >= 0.6 is 11.6 Å². The Morgan fingerprint density at radius 2 is 1.80 bits per heavy atom. The summed E-state index contributed by atoms with van der Waals surface area (Å²) in [5, 5.41) is 3.18. The monoisotopic (exact) mass is 448 g/mol. The molecular weight excluding hydrogens is 420 g/mol. The first-order chi connectivity index (χ1) is 14.2. The number of hydrogen-bond donors (Lipinski definition) is 1. The lowest BCUT2D eigenvalue weighted by Crippen LogP contribution is -2.36. The van der Waals surface area contributed by atoms with Crippen LogP contribution in [0.4, 0.5) is 0 Å². The fourth-order valence-electron chi connectivity index (χ4n) is 3.94. The Morgan fingerprint density at radius 1 is 1.10 bits per heavy atom. The number of nitrogens with zero attached hydrogens (tertiary/aromatic N) is 1. The Bertz CT molecular complexity index is 1030. The van der Waals surface area contributed by atoms with Crippen molar-refractivity contribution in [2.75, 3.05) is 13.1 Å². The zero-order valence-electron chi connectivity index (χ0n) is 17.7. The number of aryl methyl sites for hydroxylation is 2. The van der Waals surface area contributed by atoms with Crippen LogP contribution in [-0.2, 0) is 10.0 Å². The number of nitrogens with one attached hydrogen (secondary N) is 1. The Morgan fingerprint density at radius 3 is 2.43 bits per heavy atom. The topological polar surface area (TPSA) is 66.5 Å². The van der Waals surface area contributed by atoms with Crippen LogP contribution < -0.4 is 5.32 Å². The average Bonchev–Trinajstić information content (AvgIpc) is 2.73. The van der Waals surface area contributed by atoms with Crippen LogP contribution in [0.25, 0.3) is 0 Å². The van der Waals surface area contributed by atoms with Crippen LogP contribution in [0, 0.1) is 13.8 Å². The third kappa shape index (κ3) is 4.88. The molecule has 3 rings (SSSR count). The summed E-state index contributed by atoms with van der Waals surface area (Å²) in [4.78, 5) is 13.0. The van der Waals surface area contributed by atoms with Crippen LogP contribution in [0.15, 0.2) is 41.3 Å². The molecule has 1 heterocycles. The van der Waals surface area contributed by atoms with Gasteiger partial charge in [-0.2, -0.15) is 4.31 Å². The van der Waals surface area contributed by atoms with Crippen molar-refractivity contribution in [3.05, 3.63) is 63.7 Å². The number of benzene rings is 2. The maximum atomic E-state index is 13.1. The molecule has 1 amide bonds. The molecule has 0 saturated carbocycles. The third-order valence-electron chi connectivity index (χ3n) is 5.64. The second-order valence-corrected chi connectivity index (χ2v) is 10.2. The Kier molecular flexibility index (Phi) is 7.22. The summed E-state index contributed by atoms with van der Waals surface area (Å²) in [6, 6.07) is 10.5. The first-order valence-electron chi connectivity index (χ1n) is 10.4. The van der Waals surface area contributed by atoms with Crippen LogP contribution in [0.1, 0.15) is 65.7 Å². The molecule has 1 saturated heterocycles. The first-order valence-corrected chi connectivity index (χ1v) is 12.2. The van der Waals surface area contributed by atoms with Gasteiger partial charge in [-0.05, 0) is 62.4 Å². The van der Waals surface area contributed by atoms with Crippen molar-refractivity contribution in [2.45, 2.75) is 57.4 Å². The highest BCUT2D eigenvalue weighted by atomic mass is 35.5. The SMILES string of the molecule is CC[C@@H](NC(=O)c1ccc(Cl)c(S(=O)(=O)N2CCCCC2)c1)c1ccc(C)cc1C. The molecule has 0 radical (unpaired) electrons. The molecule has 1 aliphatic heterocycles. The highest BCUT2D eigenvalue weighted by Gasteiger charge is 2.29. The lowest BCUT2D eigenvalue weighted by Gasteiger charge is -2.26. The van der Waals surface area contributed by atoms with E-state index in [1.165, 1.54) is 22.0 Å². The van der Waals surface area contributed by atoms with Crippen LogP contribution in [0.2, 0.25) is 5.02 Å². The maximum Gasteiger partial charge on any atom is 0.251 e. The summed E-state index contributed by atoms with van der Waals surface area (Å²) < 4.78 is 27.6. The molecule has 5 nitrogen and oxygen atoms in total. The van der Waals surface area contributed by atoms with Crippen molar-refractivity contribution in [3.8, 4) is 0 Å². The van der Waals surface area contributed by atoms with Crippen molar-refractivity contribution in [1.29, 1.82) is 0 Å². The Labute approximate surface area is 184 Å². The van der Waals surface area contributed by atoms with Gasteiger partial charge in [0.25, 0.3) is 5.91 Å². The lowest BCUT2D eigenvalue weighted by atomic mass is 9.97. The van der Waals surface area contributed by atoms with Crippen molar-refractivity contribution in [1.82, 2.24) is 9.62 Å². The molecular formula is C23H29ClN2O3S. The maximum absolute atomic E-state index is 13.1. The Hall–Kier alpha value is -1.89. The highest BCUT2D eigenvalue weighted by Crippen LogP contribution is 2.28. The van der Waals surface area contributed by atoms with Gasteiger partial charge in [0, 0.05) is 18.7 Å². The summed E-state index contributed by atoms with van der Waals surface area (Å²) >= 11 is 6.23. The van der Waals surface area contributed by atoms with Crippen molar-refractivity contribution < 1.29 is 13.2 Å². The van der Waals surface area contributed by atoms with Crippen LogP contribution in [-0.4, -0.2) is 31.7 Å². The summed E-state index contributed by atoms with van der Waals surface area (Å²) in [7, 11) is -3.73. The van der Waals surface area contributed by atoms with E-state index < -0.39 is 10.0 Å². The number of halogens is 1. The molecule has 1 fully saturated rings. The highest BCUT2D eigenvalue weighted by molar-refractivity contribution is 7.89. The van der Waals surface area contributed by atoms with E-state index in [1.54, 1.807) is 6.07 Å². The molecule has 0 bridgehead atoms. The predicted octanol–water partition coefficient (Wildman–Crippen LogP) is 5.01. The van der Waals surface area contributed by atoms with E-state index in [0.29, 0.717) is 13.1 Å². The molecule has 0 aliphatic carbocycles. The van der Waals surface area contributed by atoms with Gasteiger partial charge < -0.3 is 5.32 Å². The lowest BCUT2D eigenvalue weighted by molar-refractivity contribution is 0.0935. The van der Waals surface area contributed by atoms with Crippen molar-refractivity contribution in [3.63, 3.8) is 0 Å². The van der Waals surface area contributed by atoms with Gasteiger partial charge in [0.05, 0.1) is 11.1 Å². The van der Waals surface area contributed by atoms with Crippen molar-refractivity contribution >= 4 is 27.5 Å². The molecule has 2 aromatic rings. The summed E-state index contributed by atoms with van der Waals surface area (Å²) in [6.45, 7) is 7.05. The molecule has 7 heteroatoms. The van der Waals surface area contributed by atoms with Crippen molar-refractivity contribution in [2.24, 2.45) is 0 Å². The van der Waals surface area contributed by atoms with E-state index in [9.17, 15) is 13.2 Å². The third-order valence-corrected chi connectivity index (χ3v) is 8.02. The molecule has 0 aromatic heterocycles. The van der Waals surface area contributed by atoms with Crippen LogP contribution in [0.5, 0.6) is 0 Å². The molecule has 162 valence electrons. The quantitative estimate of drug-likeness (QED) is 0.675. The molecule has 2 aromatic carbocycles. The van der Waals surface area contributed by atoms with E-state index in [0.717, 1.165) is 36.8 Å². The smallest absolute Gasteiger partial charge is 0.251 e. The second kappa shape index (κ2) is 9.50. The zero-order valence-corrected chi connectivity index (χ0v) is 19.3. The predicted molar refractivity (Wildman–Crippen MR) is 120 cm³/mol. The molecule has 1 atom stereocenters. The Balaban J connectivity index is 1.86. The number of carbonyl (C=O) groups is 1. The largest absolute Gasteiger partial charge is 0.345 e. The summed E-state index contributed by atoms with van der Waals surface area (Å²) in [6.07, 6.45) is 3.43. The molecule has 1 aliphatic rings. The standard InChI is InChI=1S/C23H29ClN2O3S/c1-4-21(19-10-8-16(2)14-17(19)3)25-23(27)18-9-11-20(24)22(15-18)30(28,29)26-12-6-5-7-13-26/h8-11,14-15,21H,4-7,12-13H2,1-3H3,(H,25,27)/t21-/m1/s1. The minimum Gasteiger partial charge on any atom is -0.345 e. The number of sulfonamides is 1. The average molecular weight is 449 g/mol. The van der Waals surface area contributed by atoms with Gasteiger partial charge in [-0.25, -0.2) is 8.42 Å². The number of amides is 1. The zero-order chi connectivity index (χ0) is 21.9. The summed E-state index contributed by atoms with van der Waals surface area (Å²) in [5.41, 5.74) is 3.64. The van der Waals surface area contributed by atoms with Gasteiger partial charge in [0.2, 0.25) is 10.0 Å². The van der Waals surface area contributed by atoms with Gasteiger partial charge in [-0.1, -0.05) is 48.7 Å². The van der Waals surface area contributed by atoms with Gasteiger partial charge in [-0.15, -0.1) is 0 Å². The van der Waals surface area contributed by atoms with E-state index in [1.807, 2.05) is 32.9 Å². The van der Waals surface area contributed by atoms with E-state index >= 15 is 0 Å². The molecule has 30 heavy (non-hydrogen) atoms. The summed E-state index contributed by atoms with van der Waals surface area (Å²) in [5.74, 6) is -0.311. The fraction of sp³-hybridized carbons (Fsp3) is 0.435. The minimum absolute atomic E-state index is 0.00159. The number of hydrogen-bond acceptors (Lipinski definition) is 3. The molecule has 1 N–H and O–H groups in total.